The number of aromatic nitrogens is 1. The van der Waals surface area contributed by atoms with E-state index in [1.807, 2.05) is 31.2 Å². The summed E-state index contributed by atoms with van der Waals surface area (Å²) >= 11 is 3.49. The Morgan fingerprint density at radius 2 is 2.05 bits per heavy atom. The lowest BCUT2D eigenvalue weighted by Gasteiger charge is -2.10. The summed E-state index contributed by atoms with van der Waals surface area (Å²) in [6, 6.07) is 9.58. The summed E-state index contributed by atoms with van der Waals surface area (Å²) in [5.41, 5.74) is 2.92. The molecule has 0 amide bonds. The molecule has 0 aliphatic heterocycles. The number of aliphatic hydroxyl groups is 1. The first kappa shape index (κ1) is 15.0. The standard InChI is InChI=1S/C16H18BrNO2/c1-3-4-13-8-12(10-19)9-16(18-13)20-15-6-5-11(2)7-14(15)17/h5-9,19H,3-4,10H2,1-2H3. The third-order valence-corrected chi connectivity index (χ3v) is 3.53. The highest BCUT2D eigenvalue weighted by Crippen LogP contribution is 2.30. The van der Waals surface area contributed by atoms with Crippen molar-refractivity contribution < 1.29 is 9.84 Å². The van der Waals surface area contributed by atoms with E-state index in [1.165, 1.54) is 0 Å². The van der Waals surface area contributed by atoms with Gasteiger partial charge in [-0.15, -0.1) is 0 Å². The molecule has 0 fully saturated rings. The Bertz CT molecular complexity index is 599. The molecule has 3 nitrogen and oxygen atoms in total. The molecule has 2 rings (SSSR count). The average molecular weight is 336 g/mol. The molecule has 0 radical (unpaired) electrons. The molecule has 106 valence electrons. The molecule has 20 heavy (non-hydrogen) atoms. The molecule has 0 aliphatic rings. The molecule has 1 aromatic carbocycles. The summed E-state index contributed by atoms with van der Waals surface area (Å²) in [5.74, 6) is 1.24. The van der Waals surface area contributed by atoms with E-state index < -0.39 is 0 Å². The minimum absolute atomic E-state index is 0.00926. The van der Waals surface area contributed by atoms with E-state index >= 15 is 0 Å². The van der Waals surface area contributed by atoms with E-state index in [-0.39, 0.29) is 6.61 Å². The zero-order valence-electron chi connectivity index (χ0n) is 11.7. The third-order valence-electron chi connectivity index (χ3n) is 2.91. The molecule has 0 saturated heterocycles. The number of ether oxygens (including phenoxy) is 1. The van der Waals surface area contributed by atoms with E-state index in [2.05, 4.69) is 27.8 Å². The Labute approximate surface area is 127 Å². The van der Waals surface area contributed by atoms with Gasteiger partial charge in [-0.2, -0.15) is 0 Å². The van der Waals surface area contributed by atoms with Gasteiger partial charge in [-0.1, -0.05) is 19.4 Å². The normalized spacial score (nSPS) is 10.6. The van der Waals surface area contributed by atoms with Crippen LogP contribution in [0.1, 0.15) is 30.2 Å². The molecule has 0 bridgehead atoms. The van der Waals surface area contributed by atoms with Crippen molar-refractivity contribution >= 4 is 15.9 Å². The Morgan fingerprint density at radius 1 is 1.25 bits per heavy atom. The Hall–Kier alpha value is -1.39. The number of pyridine rings is 1. The molecule has 4 heteroatoms. The second-order valence-electron chi connectivity index (χ2n) is 4.75. The van der Waals surface area contributed by atoms with Crippen LogP contribution in [0.5, 0.6) is 11.6 Å². The lowest BCUT2D eigenvalue weighted by Crippen LogP contribution is -1.97. The first-order chi connectivity index (χ1) is 9.62. The summed E-state index contributed by atoms with van der Waals surface area (Å²) < 4.78 is 6.72. The van der Waals surface area contributed by atoms with Crippen molar-refractivity contribution in [3.05, 3.63) is 51.6 Å². The van der Waals surface area contributed by atoms with Crippen LogP contribution in [-0.2, 0) is 13.0 Å². The van der Waals surface area contributed by atoms with Crippen LogP contribution in [0, 0.1) is 6.92 Å². The van der Waals surface area contributed by atoms with E-state index in [9.17, 15) is 5.11 Å². The highest BCUT2D eigenvalue weighted by atomic mass is 79.9. The molecule has 0 spiro atoms. The Kier molecular flexibility index (Phi) is 5.15. The van der Waals surface area contributed by atoms with Gasteiger partial charge in [0.25, 0.3) is 0 Å². The van der Waals surface area contributed by atoms with Gasteiger partial charge in [0.2, 0.25) is 5.88 Å². The fraction of sp³-hybridized carbons (Fsp3) is 0.312. The molecule has 1 aromatic heterocycles. The highest BCUT2D eigenvalue weighted by Gasteiger charge is 2.07. The lowest BCUT2D eigenvalue weighted by molar-refractivity contribution is 0.280. The van der Waals surface area contributed by atoms with E-state index in [0.29, 0.717) is 5.88 Å². The number of benzene rings is 1. The van der Waals surface area contributed by atoms with Crippen LogP contribution in [0.2, 0.25) is 0 Å². The second kappa shape index (κ2) is 6.86. The van der Waals surface area contributed by atoms with Crippen LogP contribution in [-0.4, -0.2) is 10.1 Å². The minimum Gasteiger partial charge on any atom is -0.438 e. The number of halogens is 1. The van der Waals surface area contributed by atoms with Gasteiger partial charge in [0.05, 0.1) is 11.1 Å². The average Bonchev–Trinajstić information content (AvgIpc) is 2.42. The van der Waals surface area contributed by atoms with Crippen LogP contribution < -0.4 is 4.74 Å². The number of hydrogen-bond donors (Lipinski definition) is 1. The maximum Gasteiger partial charge on any atom is 0.219 e. The summed E-state index contributed by atoms with van der Waals surface area (Å²) in [5, 5.41) is 9.32. The predicted molar refractivity (Wildman–Crippen MR) is 83.1 cm³/mol. The minimum atomic E-state index is -0.00926. The SMILES string of the molecule is CCCc1cc(CO)cc(Oc2ccc(C)cc2Br)n1. The van der Waals surface area contributed by atoms with Gasteiger partial charge in [0, 0.05) is 11.8 Å². The Morgan fingerprint density at radius 3 is 2.70 bits per heavy atom. The predicted octanol–water partition coefficient (Wildman–Crippen LogP) is 4.39. The summed E-state index contributed by atoms with van der Waals surface area (Å²) in [7, 11) is 0. The van der Waals surface area contributed by atoms with Gasteiger partial charge in [0.15, 0.2) is 0 Å². The zero-order valence-corrected chi connectivity index (χ0v) is 13.3. The number of hydrogen-bond acceptors (Lipinski definition) is 3. The van der Waals surface area contributed by atoms with Crippen LogP contribution in [0.15, 0.2) is 34.8 Å². The van der Waals surface area contributed by atoms with Crippen molar-refractivity contribution in [2.24, 2.45) is 0 Å². The van der Waals surface area contributed by atoms with Gasteiger partial charge >= 0.3 is 0 Å². The van der Waals surface area contributed by atoms with E-state index in [1.54, 1.807) is 6.07 Å². The molecular weight excluding hydrogens is 318 g/mol. The van der Waals surface area contributed by atoms with Crippen molar-refractivity contribution in [3.8, 4) is 11.6 Å². The van der Waals surface area contributed by atoms with Gasteiger partial charge in [-0.05, 0) is 58.6 Å². The first-order valence-corrected chi connectivity index (χ1v) is 7.46. The number of aryl methyl sites for hydroxylation is 2. The van der Waals surface area contributed by atoms with Gasteiger partial charge < -0.3 is 9.84 Å². The summed E-state index contributed by atoms with van der Waals surface area (Å²) in [4.78, 5) is 4.48. The fourth-order valence-corrected chi connectivity index (χ4v) is 2.52. The topological polar surface area (TPSA) is 42.4 Å². The molecular formula is C16H18BrNO2. The lowest BCUT2D eigenvalue weighted by atomic mass is 10.2. The molecule has 0 unspecified atom stereocenters. The maximum atomic E-state index is 9.32. The molecule has 1 N–H and O–H groups in total. The van der Waals surface area contributed by atoms with Crippen molar-refractivity contribution in [1.82, 2.24) is 4.98 Å². The van der Waals surface area contributed by atoms with Crippen LogP contribution in [0.3, 0.4) is 0 Å². The molecule has 0 saturated carbocycles. The monoisotopic (exact) mass is 335 g/mol. The maximum absolute atomic E-state index is 9.32. The van der Waals surface area contributed by atoms with Crippen LogP contribution in [0.25, 0.3) is 0 Å². The molecule has 0 aliphatic carbocycles. The number of aliphatic hydroxyl groups excluding tert-OH is 1. The second-order valence-corrected chi connectivity index (χ2v) is 5.60. The van der Waals surface area contributed by atoms with Crippen LogP contribution in [0.4, 0.5) is 0 Å². The molecule has 1 heterocycles. The van der Waals surface area contributed by atoms with E-state index in [4.69, 9.17) is 4.74 Å². The van der Waals surface area contributed by atoms with Gasteiger partial charge in [-0.3, -0.25) is 0 Å². The largest absolute Gasteiger partial charge is 0.438 e. The highest BCUT2D eigenvalue weighted by molar-refractivity contribution is 9.10. The summed E-state index contributed by atoms with van der Waals surface area (Å²) in [6.45, 7) is 4.12. The quantitative estimate of drug-likeness (QED) is 0.881. The molecule has 0 atom stereocenters. The smallest absolute Gasteiger partial charge is 0.219 e. The fourth-order valence-electron chi connectivity index (χ4n) is 1.95. The summed E-state index contributed by atoms with van der Waals surface area (Å²) in [6.07, 6.45) is 1.88. The molecule has 2 aromatic rings. The van der Waals surface area contributed by atoms with Crippen molar-refractivity contribution in [2.45, 2.75) is 33.3 Å². The number of nitrogens with zero attached hydrogens (tertiary/aromatic N) is 1. The van der Waals surface area contributed by atoms with Crippen molar-refractivity contribution in [2.75, 3.05) is 0 Å². The number of rotatable bonds is 5. The van der Waals surface area contributed by atoms with Gasteiger partial charge in [-0.25, -0.2) is 4.98 Å². The van der Waals surface area contributed by atoms with Crippen molar-refractivity contribution in [3.63, 3.8) is 0 Å². The first-order valence-electron chi connectivity index (χ1n) is 6.67. The van der Waals surface area contributed by atoms with Gasteiger partial charge in [0.1, 0.15) is 5.75 Å². The van der Waals surface area contributed by atoms with Crippen LogP contribution >= 0.6 is 15.9 Å². The zero-order chi connectivity index (χ0) is 14.5. The van der Waals surface area contributed by atoms with E-state index in [0.717, 1.165) is 39.9 Å². The van der Waals surface area contributed by atoms with Crippen molar-refractivity contribution in [1.29, 1.82) is 0 Å². The third kappa shape index (κ3) is 3.81. The Balaban J connectivity index is 2.29.